The quantitative estimate of drug-likeness (QED) is 0.601. The zero-order chi connectivity index (χ0) is 19.2. The number of anilines is 3. The van der Waals surface area contributed by atoms with Crippen LogP contribution in [0.2, 0.25) is 0 Å². The number of nitrogens with zero attached hydrogens (tertiary/aromatic N) is 3. The highest BCUT2D eigenvalue weighted by Crippen LogP contribution is 2.18. The van der Waals surface area contributed by atoms with Crippen LogP contribution >= 0.6 is 11.8 Å². The second-order valence-corrected chi connectivity index (χ2v) is 6.58. The molecule has 2 aromatic heterocycles. The van der Waals surface area contributed by atoms with E-state index in [0.717, 1.165) is 11.4 Å². The monoisotopic (exact) mass is 382 g/mol. The number of hydrogen-bond acceptors (Lipinski definition) is 7. The first-order chi connectivity index (χ1) is 13.0. The molecular weight excluding hydrogens is 364 g/mol. The van der Waals surface area contributed by atoms with Gasteiger partial charge in [-0.15, -0.1) is 0 Å². The SMILES string of the molecule is CSCc1nc(C(=O)Nc2ccc(Nc3cc(C)ncn3)cc2)cc(=O)[nH]1. The van der Waals surface area contributed by atoms with Crippen LogP contribution in [-0.4, -0.2) is 32.1 Å². The summed E-state index contributed by atoms with van der Waals surface area (Å²) in [7, 11) is 0. The number of H-pyrrole nitrogens is 1. The van der Waals surface area contributed by atoms with Gasteiger partial charge in [0.05, 0.1) is 5.75 Å². The number of aromatic amines is 1. The van der Waals surface area contributed by atoms with E-state index in [1.807, 2.05) is 31.4 Å². The van der Waals surface area contributed by atoms with E-state index in [9.17, 15) is 9.59 Å². The Morgan fingerprint density at radius 3 is 2.59 bits per heavy atom. The normalized spacial score (nSPS) is 10.4. The Labute approximate surface area is 159 Å². The summed E-state index contributed by atoms with van der Waals surface area (Å²) in [6.45, 7) is 1.89. The lowest BCUT2D eigenvalue weighted by atomic mass is 10.2. The Morgan fingerprint density at radius 2 is 1.89 bits per heavy atom. The molecule has 27 heavy (non-hydrogen) atoms. The molecule has 0 unspecified atom stereocenters. The Balaban J connectivity index is 1.69. The Kier molecular flexibility index (Phi) is 5.82. The van der Waals surface area contributed by atoms with Crippen LogP contribution < -0.4 is 16.2 Å². The molecular formula is C18H18N6O2S. The molecule has 3 aromatic rings. The first kappa shape index (κ1) is 18.6. The number of rotatable bonds is 6. The van der Waals surface area contributed by atoms with Gasteiger partial charge in [-0.25, -0.2) is 15.0 Å². The summed E-state index contributed by atoms with van der Waals surface area (Å²) in [4.78, 5) is 39.0. The van der Waals surface area contributed by atoms with Crippen LogP contribution in [-0.2, 0) is 5.75 Å². The highest BCUT2D eigenvalue weighted by atomic mass is 32.2. The second-order valence-electron chi connectivity index (χ2n) is 5.71. The van der Waals surface area contributed by atoms with Crippen molar-refractivity contribution in [2.45, 2.75) is 12.7 Å². The summed E-state index contributed by atoms with van der Waals surface area (Å²) >= 11 is 1.51. The van der Waals surface area contributed by atoms with Gasteiger partial charge in [0.15, 0.2) is 0 Å². The van der Waals surface area contributed by atoms with Crippen LogP contribution in [0.25, 0.3) is 0 Å². The minimum Gasteiger partial charge on any atom is -0.340 e. The maximum Gasteiger partial charge on any atom is 0.274 e. The van der Waals surface area contributed by atoms with Crippen LogP contribution in [0.4, 0.5) is 17.2 Å². The lowest BCUT2D eigenvalue weighted by Gasteiger charge is -2.08. The molecule has 0 aliphatic carbocycles. The zero-order valence-electron chi connectivity index (χ0n) is 14.8. The van der Waals surface area contributed by atoms with Crippen molar-refractivity contribution in [3.8, 4) is 0 Å². The molecule has 0 atom stereocenters. The van der Waals surface area contributed by atoms with Gasteiger partial charge < -0.3 is 15.6 Å². The molecule has 0 fully saturated rings. The van der Waals surface area contributed by atoms with Gasteiger partial charge in [0.1, 0.15) is 23.7 Å². The molecule has 0 aliphatic heterocycles. The average molecular weight is 382 g/mol. The summed E-state index contributed by atoms with van der Waals surface area (Å²) in [5.74, 6) is 1.25. The molecule has 0 bridgehead atoms. The Morgan fingerprint density at radius 1 is 1.15 bits per heavy atom. The van der Waals surface area contributed by atoms with Crippen LogP contribution in [0.3, 0.4) is 0 Å². The number of nitrogens with one attached hydrogen (secondary N) is 3. The minimum absolute atomic E-state index is 0.0847. The van der Waals surface area contributed by atoms with E-state index in [-0.39, 0.29) is 11.3 Å². The van der Waals surface area contributed by atoms with Crippen molar-refractivity contribution < 1.29 is 4.79 Å². The highest BCUT2D eigenvalue weighted by molar-refractivity contribution is 7.97. The van der Waals surface area contributed by atoms with Crippen molar-refractivity contribution in [2.24, 2.45) is 0 Å². The smallest absolute Gasteiger partial charge is 0.274 e. The van der Waals surface area contributed by atoms with Crippen molar-refractivity contribution in [1.29, 1.82) is 0 Å². The second kappa shape index (κ2) is 8.45. The fourth-order valence-corrected chi connectivity index (χ4v) is 2.74. The molecule has 0 saturated carbocycles. The van der Waals surface area contributed by atoms with E-state index in [1.165, 1.54) is 24.2 Å². The molecule has 9 heteroatoms. The van der Waals surface area contributed by atoms with Crippen molar-refractivity contribution >= 4 is 34.9 Å². The number of carbonyl (C=O) groups is 1. The average Bonchev–Trinajstić information content (AvgIpc) is 2.63. The molecule has 0 aliphatic rings. The van der Waals surface area contributed by atoms with Crippen molar-refractivity contribution in [3.63, 3.8) is 0 Å². The summed E-state index contributed by atoms with van der Waals surface area (Å²) in [5.41, 5.74) is 2.02. The molecule has 1 amide bonds. The predicted molar refractivity (Wildman–Crippen MR) is 107 cm³/mol. The van der Waals surface area contributed by atoms with Gasteiger partial charge in [0, 0.05) is 29.2 Å². The van der Waals surface area contributed by atoms with Crippen LogP contribution in [0.1, 0.15) is 22.0 Å². The molecule has 1 aromatic carbocycles. The van der Waals surface area contributed by atoms with Crippen LogP contribution in [0.5, 0.6) is 0 Å². The first-order valence-electron chi connectivity index (χ1n) is 8.10. The number of aryl methyl sites for hydroxylation is 1. The minimum atomic E-state index is -0.435. The molecule has 8 nitrogen and oxygen atoms in total. The van der Waals surface area contributed by atoms with E-state index < -0.39 is 5.91 Å². The van der Waals surface area contributed by atoms with E-state index in [1.54, 1.807) is 12.1 Å². The predicted octanol–water partition coefficient (Wildman–Crippen LogP) is 2.73. The Hall–Kier alpha value is -3.20. The van der Waals surface area contributed by atoms with Gasteiger partial charge in [-0.1, -0.05) is 0 Å². The van der Waals surface area contributed by atoms with E-state index >= 15 is 0 Å². The van der Waals surface area contributed by atoms with Gasteiger partial charge in [0.25, 0.3) is 11.5 Å². The maximum absolute atomic E-state index is 12.4. The third kappa shape index (κ3) is 5.14. The van der Waals surface area contributed by atoms with Gasteiger partial charge in [-0.3, -0.25) is 9.59 Å². The van der Waals surface area contributed by atoms with E-state index in [0.29, 0.717) is 23.1 Å². The standard InChI is InChI=1S/C18H18N6O2S/c1-11-7-15(20-10-19-11)21-12-3-5-13(6-4-12)22-18(26)14-8-17(25)24-16(23-14)9-27-2/h3-8,10H,9H2,1-2H3,(H,22,26)(H,19,20,21)(H,23,24,25). The van der Waals surface area contributed by atoms with Gasteiger partial charge in [-0.2, -0.15) is 11.8 Å². The molecule has 0 radical (unpaired) electrons. The zero-order valence-corrected chi connectivity index (χ0v) is 15.6. The summed E-state index contributed by atoms with van der Waals surface area (Å²) in [6.07, 6.45) is 3.39. The topological polar surface area (TPSA) is 113 Å². The third-order valence-corrected chi connectivity index (χ3v) is 4.09. The highest BCUT2D eigenvalue weighted by Gasteiger charge is 2.11. The fourth-order valence-electron chi connectivity index (χ4n) is 2.33. The van der Waals surface area contributed by atoms with Gasteiger partial charge in [0.2, 0.25) is 0 Å². The third-order valence-electron chi connectivity index (χ3n) is 3.52. The summed E-state index contributed by atoms with van der Waals surface area (Å²) < 4.78 is 0. The summed E-state index contributed by atoms with van der Waals surface area (Å²) in [5, 5.41) is 5.90. The van der Waals surface area contributed by atoms with E-state index in [4.69, 9.17) is 0 Å². The molecule has 3 N–H and O–H groups in total. The molecule has 0 spiro atoms. The number of benzene rings is 1. The number of carbonyl (C=O) groups excluding carboxylic acids is 1. The summed E-state index contributed by atoms with van der Waals surface area (Å²) in [6, 6.07) is 10.2. The molecule has 138 valence electrons. The fraction of sp³-hybridized carbons (Fsp3) is 0.167. The number of thioether (sulfide) groups is 1. The van der Waals surface area contributed by atoms with Gasteiger partial charge in [-0.05, 0) is 37.4 Å². The number of aromatic nitrogens is 4. The lowest BCUT2D eigenvalue weighted by Crippen LogP contribution is -2.20. The number of hydrogen-bond donors (Lipinski definition) is 3. The molecule has 2 heterocycles. The lowest BCUT2D eigenvalue weighted by molar-refractivity contribution is 0.102. The molecule has 3 rings (SSSR count). The Bertz CT molecular complexity index is 1000. The first-order valence-corrected chi connectivity index (χ1v) is 9.49. The maximum atomic E-state index is 12.4. The van der Waals surface area contributed by atoms with Crippen LogP contribution in [0.15, 0.2) is 47.5 Å². The largest absolute Gasteiger partial charge is 0.340 e. The molecule has 0 saturated heterocycles. The van der Waals surface area contributed by atoms with E-state index in [2.05, 4.69) is 30.6 Å². The van der Waals surface area contributed by atoms with Crippen molar-refractivity contribution in [2.75, 3.05) is 16.9 Å². The van der Waals surface area contributed by atoms with Gasteiger partial charge >= 0.3 is 0 Å². The number of amides is 1. The van der Waals surface area contributed by atoms with Crippen LogP contribution in [0, 0.1) is 6.92 Å². The van der Waals surface area contributed by atoms with Crippen molar-refractivity contribution in [3.05, 3.63) is 70.3 Å². The van der Waals surface area contributed by atoms with Crippen molar-refractivity contribution in [1.82, 2.24) is 19.9 Å².